The number of hydrogen-bond acceptors (Lipinski definition) is 3. The van der Waals surface area contributed by atoms with Crippen LogP contribution in [0.1, 0.15) is 26.2 Å². The molecule has 0 heterocycles. The van der Waals surface area contributed by atoms with Crippen molar-refractivity contribution in [2.24, 2.45) is 0 Å². The minimum absolute atomic E-state index is 0.110. The van der Waals surface area contributed by atoms with Crippen LogP contribution in [-0.2, 0) is 14.8 Å². The number of rotatable bonds is 7. The van der Waals surface area contributed by atoms with Crippen molar-refractivity contribution in [3.8, 4) is 0 Å². The van der Waals surface area contributed by atoms with Gasteiger partial charge in [-0.2, -0.15) is 8.78 Å². The van der Waals surface area contributed by atoms with Crippen LogP contribution in [0.5, 0.6) is 0 Å². The van der Waals surface area contributed by atoms with Crippen molar-refractivity contribution in [3.05, 3.63) is 0 Å². The first-order valence-corrected chi connectivity index (χ1v) is 5.81. The molecule has 0 aromatic rings. The van der Waals surface area contributed by atoms with Gasteiger partial charge in [-0.05, 0) is 19.8 Å². The van der Waals surface area contributed by atoms with Crippen molar-refractivity contribution in [2.45, 2.75) is 38.0 Å². The third-order valence-electron chi connectivity index (χ3n) is 1.63. The number of halogens is 2. The standard InChI is InChI=1S/C7H13F2NO4S/c1-5(3-2-4-6(11)12)10-15(13,14)7(8)9/h5,7,10H,2-4H2,1H3,(H,11,12). The van der Waals surface area contributed by atoms with Gasteiger partial charge in [-0.15, -0.1) is 0 Å². The van der Waals surface area contributed by atoms with Crippen LogP contribution in [0.2, 0.25) is 0 Å². The third-order valence-corrected chi connectivity index (χ3v) is 2.83. The van der Waals surface area contributed by atoms with Crippen LogP contribution in [-0.4, -0.2) is 31.3 Å². The molecule has 90 valence electrons. The second kappa shape index (κ2) is 5.96. The first-order valence-electron chi connectivity index (χ1n) is 4.27. The molecule has 0 bridgehead atoms. The maximum atomic E-state index is 11.9. The van der Waals surface area contributed by atoms with E-state index < -0.39 is 27.8 Å². The lowest BCUT2D eigenvalue weighted by molar-refractivity contribution is -0.137. The van der Waals surface area contributed by atoms with Crippen molar-refractivity contribution in [2.75, 3.05) is 0 Å². The average Bonchev–Trinajstić information content (AvgIpc) is 2.01. The van der Waals surface area contributed by atoms with Crippen LogP contribution in [0.3, 0.4) is 0 Å². The van der Waals surface area contributed by atoms with Crippen LogP contribution in [0.15, 0.2) is 0 Å². The van der Waals surface area contributed by atoms with E-state index in [1.807, 2.05) is 0 Å². The van der Waals surface area contributed by atoms with Gasteiger partial charge >= 0.3 is 11.7 Å². The predicted molar refractivity (Wildman–Crippen MR) is 49.0 cm³/mol. The molecule has 5 nitrogen and oxygen atoms in total. The summed E-state index contributed by atoms with van der Waals surface area (Å²) in [7, 11) is -4.58. The number of carboxylic acid groups (broad SMARTS) is 1. The summed E-state index contributed by atoms with van der Waals surface area (Å²) in [4.78, 5) is 10.1. The second-order valence-electron chi connectivity index (χ2n) is 3.11. The monoisotopic (exact) mass is 245 g/mol. The van der Waals surface area contributed by atoms with E-state index in [0.717, 1.165) is 0 Å². The SMILES string of the molecule is CC(CCCC(=O)O)NS(=O)(=O)C(F)F. The molecule has 0 rings (SSSR count). The lowest BCUT2D eigenvalue weighted by Crippen LogP contribution is -2.36. The molecule has 0 aromatic carbocycles. The zero-order chi connectivity index (χ0) is 12.1. The van der Waals surface area contributed by atoms with E-state index >= 15 is 0 Å². The molecular formula is C7H13F2NO4S. The first kappa shape index (κ1) is 14.2. The number of sulfonamides is 1. The number of aliphatic carboxylic acids is 1. The number of hydrogen-bond donors (Lipinski definition) is 2. The molecule has 0 saturated heterocycles. The Kier molecular flexibility index (Phi) is 5.66. The average molecular weight is 245 g/mol. The van der Waals surface area contributed by atoms with Crippen molar-refractivity contribution in [1.82, 2.24) is 4.72 Å². The van der Waals surface area contributed by atoms with Crippen molar-refractivity contribution in [3.63, 3.8) is 0 Å². The van der Waals surface area contributed by atoms with Crippen molar-refractivity contribution < 1.29 is 27.1 Å². The summed E-state index contributed by atoms with van der Waals surface area (Å²) in [6.45, 7) is 1.40. The van der Waals surface area contributed by atoms with Gasteiger partial charge in [0.05, 0.1) is 0 Å². The summed E-state index contributed by atoms with van der Waals surface area (Å²) in [5, 5.41) is 8.29. The van der Waals surface area contributed by atoms with Gasteiger partial charge in [0.25, 0.3) is 10.0 Å². The van der Waals surface area contributed by atoms with Gasteiger partial charge in [0, 0.05) is 12.5 Å². The van der Waals surface area contributed by atoms with E-state index in [2.05, 4.69) is 0 Å². The summed E-state index contributed by atoms with van der Waals surface area (Å²) < 4.78 is 46.8. The van der Waals surface area contributed by atoms with Gasteiger partial charge in [0.2, 0.25) is 0 Å². The zero-order valence-corrected chi connectivity index (χ0v) is 8.93. The van der Waals surface area contributed by atoms with E-state index in [1.165, 1.54) is 6.92 Å². The zero-order valence-electron chi connectivity index (χ0n) is 8.11. The summed E-state index contributed by atoms with van der Waals surface area (Å²) in [5.74, 6) is -4.46. The molecule has 0 fully saturated rings. The lowest BCUT2D eigenvalue weighted by Gasteiger charge is -2.12. The molecule has 0 amide bonds. The van der Waals surface area contributed by atoms with E-state index in [0.29, 0.717) is 0 Å². The predicted octanol–water partition coefficient (Wildman–Crippen LogP) is 0.772. The Hall–Kier alpha value is -0.760. The Morgan fingerprint density at radius 1 is 1.47 bits per heavy atom. The van der Waals surface area contributed by atoms with Crippen LogP contribution in [0.4, 0.5) is 8.78 Å². The van der Waals surface area contributed by atoms with E-state index in [1.54, 1.807) is 4.72 Å². The molecule has 0 saturated carbocycles. The van der Waals surface area contributed by atoms with Gasteiger partial charge < -0.3 is 5.11 Å². The topological polar surface area (TPSA) is 83.5 Å². The van der Waals surface area contributed by atoms with Gasteiger partial charge in [0.1, 0.15) is 0 Å². The molecule has 0 spiro atoms. The molecule has 15 heavy (non-hydrogen) atoms. The molecule has 0 aliphatic rings. The van der Waals surface area contributed by atoms with Crippen LogP contribution in [0, 0.1) is 0 Å². The Morgan fingerprint density at radius 2 is 2.00 bits per heavy atom. The fourth-order valence-corrected chi connectivity index (χ4v) is 1.73. The van der Waals surface area contributed by atoms with Crippen molar-refractivity contribution in [1.29, 1.82) is 0 Å². The number of alkyl halides is 2. The number of nitrogens with one attached hydrogen (secondary N) is 1. The molecule has 8 heteroatoms. The van der Waals surface area contributed by atoms with Crippen LogP contribution < -0.4 is 4.72 Å². The fourth-order valence-electron chi connectivity index (χ4n) is 0.950. The molecule has 1 unspecified atom stereocenters. The molecule has 0 aliphatic heterocycles. The Labute approximate surface area is 86.5 Å². The van der Waals surface area contributed by atoms with Crippen molar-refractivity contribution >= 4 is 16.0 Å². The van der Waals surface area contributed by atoms with E-state index in [4.69, 9.17) is 5.11 Å². The molecule has 0 aromatic heterocycles. The maximum Gasteiger partial charge on any atom is 0.350 e. The Balaban J connectivity index is 3.94. The first-order chi connectivity index (χ1) is 6.75. The molecule has 0 aliphatic carbocycles. The summed E-state index contributed by atoms with van der Waals surface area (Å²) in [5.41, 5.74) is 0. The van der Waals surface area contributed by atoms with E-state index in [-0.39, 0.29) is 19.3 Å². The summed E-state index contributed by atoms with van der Waals surface area (Å²) in [6, 6.07) is -0.691. The molecule has 1 atom stereocenters. The van der Waals surface area contributed by atoms with Crippen LogP contribution in [0.25, 0.3) is 0 Å². The summed E-state index contributed by atoms with van der Waals surface area (Å²) >= 11 is 0. The highest BCUT2D eigenvalue weighted by atomic mass is 32.2. The smallest absolute Gasteiger partial charge is 0.350 e. The van der Waals surface area contributed by atoms with Crippen LogP contribution >= 0.6 is 0 Å². The second-order valence-corrected chi connectivity index (χ2v) is 4.79. The highest BCUT2D eigenvalue weighted by Crippen LogP contribution is 2.06. The number of carboxylic acids is 1. The number of carbonyl (C=O) groups is 1. The largest absolute Gasteiger partial charge is 0.481 e. The molecular weight excluding hydrogens is 232 g/mol. The molecule has 2 N–H and O–H groups in total. The van der Waals surface area contributed by atoms with Gasteiger partial charge in [0.15, 0.2) is 0 Å². The highest BCUT2D eigenvalue weighted by Gasteiger charge is 2.25. The minimum Gasteiger partial charge on any atom is -0.481 e. The molecule has 0 radical (unpaired) electrons. The lowest BCUT2D eigenvalue weighted by atomic mass is 10.1. The van der Waals surface area contributed by atoms with Gasteiger partial charge in [-0.3, -0.25) is 4.79 Å². The quantitative estimate of drug-likeness (QED) is 0.694. The normalized spacial score (nSPS) is 14.1. The highest BCUT2D eigenvalue weighted by molar-refractivity contribution is 7.89. The Bertz CT molecular complexity index is 304. The Morgan fingerprint density at radius 3 is 2.40 bits per heavy atom. The third kappa shape index (κ3) is 6.34. The maximum absolute atomic E-state index is 11.9. The summed E-state index contributed by atoms with van der Waals surface area (Å²) in [6.07, 6.45) is 0.335. The van der Waals surface area contributed by atoms with Gasteiger partial charge in [-0.25, -0.2) is 13.1 Å². The minimum atomic E-state index is -4.58. The fraction of sp³-hybridized carbons (Fsp3) is 0.857. The van der Waals surface area contributed by atoms with Gasteiger partial charge in [-0.1, -0.05) is 0 Å². The van der Waals surface area contributed by atoms with E-state index in [9.17, 15) is 22.0 Å².